The van der Waals surface area contributed by atoms with Crippen molar-refractivity contribution in [2.45, 2.75) is 6.54 Å². The molecule has 0 fully saturated rings. The maximum absolute atomic E-state index is 13.3. The number of nitrogens with one attached hydrogen (secondary N) is 1. The van der Waals surface area contributed by atoms with Crippen molar-refractivity contribution < 1.29 is 18.3 Å². The van der Waals surface area contributed by atoms with Crippen molar-refractivity contribution in [3.63, 3.8) is 0 Å². The number of carbonyl (C=O) groups excluding carboxylic acids is 1. The van der Waals surface area contributed by atoms with Gasteiger partial charge in [0.2, 0.25) is 0 Å². The van der Waals surface area contributed by atoms with Crippen LogP contribution in [0.1, 0.15) is 16.1 Å². The van der Waals surface area contributed by atoms with Crippen LogP contribution >= 0.6 is 0 Å². The highest BCUT2D eigenvalue weighted by atomic mass is 19.1. The van der Waals surface area contributed by atoms with Crippen molar-refractivity contribution in [2.75, 3.05) is 7.11 Å². The fourth-order valence-corrected chi connectivity index (χ4v) is 2.29. The third-order valence-corrected chi connectivity index (χ3v) is 3.56. The highest BCUT2D eigenvalue weighted by Gasteiger charge is 2.12. The third-order valence-electron chi connectivity index (χ3n) is 3.56. The normalized spacial score (nSPS) is 10.6. The van der Waals surface area contributed by atoms with Crippen molar-refractivity contribution in [1.29, 1.82) is 0 Å². The number of methoxy groups -OCH3 is 1. The van der Waals surface area contributed by atoms with Crippen LogP contribution in [0.15, 0.2) is 57.7 Å². The lowest BCUT2D eigenvalue weighted by molar-refractivity contribution is 0.0919. The largest absolute Gasteiger partial charge is 0.497 e. The molecule has 0 aliphatic heterocycles. The van der Waals surface area contributed by atoms with Gasteiger partial charge < -0.3 is 14.5 Å². The van der Waals surface area contributed by atoms with Crippen LogP contribution in [0, 0.1) is 5.82 Å². The van der Waals surface area contributed by atoms with Gasteiger partial charge in [0.15, 0.2) is 5.76 Å². The Hall–Kier alpha value is -3.15. The predicted molar refractivity (Wildman–Crippen MR) is 86.6 cm³/mol. The molecule has 0 aliphatic rings. The fourth-order valence-electron chi connectivity index (χ4n) is 2.29. The van der Waals surface area contributed by atoms with Crippen LogP contribution in [0.4, 0.5) is 4.39 Å². The molecule has 122 valence electrons. The Labute approximate surface area is 136 Å². The van der Waals surface area contributed by atoms with Crippen LogP contribution in [0.25, 0.3) is 10.8 Å². The van der Waals surface area contributed by atoms with E-state index in [1.54, 1.807) is 19.2 Å². The summed E-state index contributed by atoms with van der Waals surface area (Å²) in [6, 6.07) is 12.2. The number of amides is 1. The van der Waals surface area contributed by atoms with E-state index in [1.807, 2.05) is 12.1 Å². The summed E-state index contributed by atoms with van der Waals surface area (Å²) in [4.78, 5) is 24.0. The van der Waals surface area contributed by atoms with E-state index in [0.717, 1.165) is 5.56 Å². The van der Waals surface area contributed by atoms with Gasteiger partial charge in [-0.05, 0) is 47.3 Å². The summed E-state index contributed by atoms with van der Waals surface area (Å²) < 4.78 is 23.4. The van der Waals surface area contributed by atoms with E-state index in [-0.39, 0.29) is 17.7 Å². The lowest BCUT2D eigenvalue weighted by Gasteiger charge is -2.06. The maximum Gasteiger partial charge on any atom is 0.344 e. The summed E-state index contributed by atoms with van der Waals surface area (Å²) in [5.74, 6) is -0.481. The topological polar surface area (TPSA) is 68.5 Å². The lowest BCUT2D eigenvalue weighted by atomic mass is 10.1. The summed E-state index contributed by atoms with van der Waals surface area (Å²) >= 11 is 0. The van der Waals surface area contributed by atoms with E-state index in [0.29, 0.717) is 11.1 Å². The molecule has 0 saturated carbocycles. The van der Waals surface area contributed by atoms with Crippen molar-refractivity contribution in [3.05, 3.63) is 76.1 Å². The van der Waals surface area contributed by atoms with Crippen molar-refractivity contribution in [3.8, 4) is 5.75 Å². The second-order valence-electron chi connectivity index (χ2n) is 5.16. The Balaban J connectivity index is 1.79. The minimum absolute atomic E-state index is 0.161. The molecular formula is C18H14FNO4. The Morgan fingerprint density at radius 2 is 1.92 bits per heavy atom. The second-order valence-corrected chi connectivity index (χ2v) is 5.16. The summed E-state index contributed by atoms with van der Waals surface area (Å²) in [5, 5.41) is 3.20. The van der Waals surface area contributed by atoms with Crippen LogP contribution in [0.2, 0.25) is 0 Å². The highest BCUT2D eigenvalue weighted by Crippen LogP contribution is 2.14. The number of rotatable bonds is 4. The molecule has 2 aromatic carbocycles. The van der Waals surface area contributed by atoms with Gasteiger partial charge in [-0.2, -0.15) is 0 Å². The summed E-state index contributed by atoms with van der Waals surface area (Å²) in [6.45, 7) is 0.258. The van der Waals surface area contributed by atoms with Gasteiger partial charge in [-0.3, -0.25) is 4.79 Å². The molecule has 3 rings (SSSR count). The molecule has 0 radical (unpaired) electrons. The summed E-state index contributed by atoms with van der Waals surface area (Å²) in [6.07, 6.45) is 0. The summed E-state index contributed by atoms with van der Waals surface area (Å²) in [7, 11) is 1.57. The number of carbonyl (C=O) groups is 1. The number of halogens is 1. The smallest absolute Gasteiger partial charge is 0.344 e. The molecule has 24 heavy (non-hydrogen) atoms. The van der Waals surface area contributed by atoms with Gasteiger partial charge in [-0.15, -0.1) is 0 Å². The monoisotopic (exact) mass is 327 g/mol. The quantitative estimate of drug-likeness (QED) is 0.800. The zero-order valence-corrected chi connectivity index (χ0v) is 12.8. The second kappa shape index (κ2) is 6.54. The molecule has 0 aliphatic carbocycles. The molecule has 0 unspecified atom stereocenters. The van der Waals surface area contributed by atoms with Gasteiger partial charge in [0, 0.05) is 6.54 Å². The van der Waals surface area contributed by atoms with Gasteiger partial charge >= 0.3 is 5.63 Å². The van der Waals surface area contributed by atoms with E-state index in [4.69, 9.17) is 9.15 Å². The Kier molecular flexibility index (Phi) is 4.29. The third kappa shape index (κ3) is 3.27. The maximum atomic E-state index is 13.3. The SMILES string of the molecule is COc1ccc(CNC(=O)c2cc3cc(F)ccc3c(=O)o2)cc1. The minimum Gasteiger partial charge on any atom is -0.497 e. The van der Waals surface area contributed by atoms with Gasteiger partial charge in [0.25, 0.3) is 5.91 Å². The average molecular weight is 327 g/mol. The average Bonchev–Trinajstić information content (AvgIpc) is 2.59. The molecule has 0 saturated heterocycles. The molecule has 5 nitrogen and oxygen atoms in total. The van der Waals surface area contributed by atoms with Crippen molar-refractivity contribution >= 4 is 16.7 Å². The molecule has 3 aromatic rings. The van der Waals surface area contributed by atoms with Gasteiger partial charge in [-0.1, -0.05) is 12.1 Å². The Morgan fingerprint density at radius 1 is 1.17 bits per heavy atom. The van der Waals surface area contributed by atoms with Gasteiger partial charge in [0.1, 0.15) is 11.6 Å². The minimum atomic E-state index is -0.679. The molecule has 1 aromatic heterocycles. The number of hydrogen-bond donors (Lipinski definition) is 1. The van der Waals surface area contributed by atoms with Crippen molar-refractivity contribution in [2.24, 2.45) is 0 Å². The molecule has 0 atom stereocenters. The first-order valence-electron chi connectivity index (χ1n) is 7.21. The fraction of sp³-hybridized carbons (Fsp3) is 0.111. The zero-order chi connectivity index (χ0) is 17.1. The van der Waals surface area contributed by atoms with Crippen LogP contribution in [-0.4, -0.2) is 13.0 Å². The van der Waals surface area contributed by atoms with E-state index < -0.39 is 17.3 Å². The van der Waals surface area contributed by atoms with Gasteiger partial charge in [-0.25, -0.2) is 9.18 Å². The first kappa shape index (κ1) is 15.7. The molecule has 1 N–H and O–H groups in total. The molecule has 0 bridgehead atoms. The molecule has 0 spiro atoms. The molecule has 1 heterocycles. The first-order valence-corrected chi connectivity index (χ1v) is 7.21. The van der Waals surface area contributed by atoms with Crippen LogP contribution in [-0.2, 0) is 6.54 Å². The predicted octanol–water partition coefficient (Wildman–Crippen LogP) is 2.87. The van der Waals surface area contributed by atoms with E-state index >= 15 is 0 Å². The lowest BCUT2D eigenvalue weighted by Crippen LogP contribution is -2.24. The summed E-state index contributed by atoms with van der Waals surface area (Å²) in [5.41, 5.74) is 0.181. The van der Waals surface area contributed by atoms with Crippen LogP contribution < -0.4 is 15.7 Å². The standard InChI is InChI=1S/C18H14FNO4/c1-23-14-5-2-11(3-6-14)10-20-17(21)16-9-12-8-13(19)4-7-15(12)18(22)24-16/h2-9H,10H2,1H3,(H,20,21). The molecule has 6 heteroatoms. The Morgan fingerprint density at radius 3 is 2.62 bits per heavy atom. The van der Waals surface area contributed by atoms with Crippen LogP contribution in [0.5, 0.6) is 5.75 Å². The highest BCUT2D eigenvalue weighted by molar-refractivity contribution is 5.95. The van der Waals surface area contributed by atoms with E-state index in [1.165, 1.54) is 24.3 Å². The van der Waals surface area contributed by atoms with E-state index in [9.17, 15) is 14.0 Å². The number of benzene rings is 2. The number of hydrogen-bond acceptors (Lipinski definition) is 4. The molecular weight excluding hydrogens is 313 g/mol. The van der Waals surface area contributed by atoms with E-state index in [2.05, 4.69) is 5.32 Å². The number of ether oxygens (including phenoxy) is 1. The number of fused-ring (bicyclic) bond motifs is 1. The van der Waals surface area contributed by atoms with Crippen molar-refractivity contribution in [1.82, 2.24) is 5.32 Å². The van der Waals surface area contributed by atoms with Gasteiger partial charge in [0.05, 0.1) is 12.5 Å². The first-order chi connectivity index (χ1) is 11.6. The zero-order valence-electron chi connectivity index (χ0n) is 12.8. The van der Waals surface area contributed by atoms with Crippen LogP contribution in [0.3, 0.4) is 0 Å². The molecule has 1 amide bonds. The Bertz CT molecular complexity index is 947.